The minimum atomic E-state index is 0.352. The van der Waals surface area contributed by atoms with Crippen molar-refractivity contribution in [2.24, 2.45) is 13.0 Å². The molecule has 0 fully saturated rings. The van der Waals surface area contributed by atoms with Crippen LogP contribution in [0.1, 0.15) is 32.4 Å². The summed E-state index contributed by atoms with van der Waals surface area (Å²) in [6.07, 6.45) is 4.00. The Bertz CT molecular complexity index is 322. The van der Waals surface area contributed by atoms with Gasteiger partial charge in [0.15, 0.2) is 0 Å². The van der Waals surface area contributed by atoms with Gasteiger partial charge in [0.05, 0.1) is 6.20 Å². The highest BCUT2D eigenvalue weighted by Crippen LogP contribution is 2.12. The van der Waals surface area contributed by atoms with E-state index in [2.05, 4.69) is 56.4 Å². The predicted octanol–water partition coefficient (Wildman–Crippen LogP) is 1.66. The third-order valence-electron chi connectivity index (χ3n) is 3.29. The Morgan fingerprint density at radius 1 is 1.35 bits per heavy atom. The second kappa shape index (κ2) is 6.17. The summed E-state index contributed by atoms with van der Waals surface area (Å²) < 4.78 is 1.85. The van der Waals surface area contributed by atoms with Crippen molar-refractivity contribution >= 4 is 0 Å². The summed E-state index contributed by atoms with van der Waals surface area (Å²) in [7, 11) is 6.23. The minimum absolute atomic E-state index is 0.352. The number of hydrogen-bond acceptors (Lipinski definition) is 3. The van der Waals surface area contributed by atoms with E-state index in [1.807, 2.05) is 17.9 Å². The summed E-state index contributed by atoms with van der Waals surface area (Å²) >= 11 is 0. The van der Waals surface area contributed by atoms with Crippen LogP contribution in [0.2, 0.25) is 0 Å². The first kappa shape index (κ1) is 14.2. The predicted molar refractivity (Wildman–Crippen MR) is 71.9 cm³/mol. The lowest BCUT2D eigenvalue weighted by Gasteiger charge is -2.29. The van der Waals surface area contributed by atoms with E-state index in [9.17, 15) is 0 Å². The van der Waals surface area contributed by atoms with Crippen LogP contribution in [0.15, 0.2) is 12.4 Å². The van der Waals surface area contributed by atoms with Crippen LogP contribution in [0.4, 0.5) is 0 Å². The van der Waals surface area contributed by atoms with Crippen LogP contribution in [0.3, 0.4) is 0 Å². The van der Waals surface area contributed by atoms with E-state index in [0.717, 1.165) is 6.54 Å². The average molecular weight is 238 g/mol. The molecule has 0 aromatic carbocycles. The number of nitrogens with one attached hydrogen (secondary N) is 1. The number of rotatable bonds is 6. The molecule has 0 aliphatic rings. The summed E-state index contributed by atoms with van der Waals surface area (Å²) in [5.41, 5.74) is 1.24. The molecule has 1 aromatic heterocycles. The summed E-state index contributed by atoms with van der Waals surface area (Å²) in [6.45, 7) is 7.72. The van der Waals surface area contributed by atoms with E-state index in [-0.39, 0.29) is 0 Å². The molecule has 4 nitrogen and oxygen atoms in total. The number of hydrogen-bond donors (Lipinski definition) is 1. The first-order valence-corrected chi connectivity index (χ1v) is 6.30. The first-order valence-electron chi connectivity index (χ1n) is 6.30. The largest absolute Gasteiger partial charge is 0.309 e. The quantitative estimate of drug-likeness (QED) is 0.818. The molecule has 0 aliphatic heterocycles. The van der Waals surface area contributed by atoms with Gasteiger partial charge >= 0.3 is 0 Å². The van der Waals surface area contributed by atoms with E-state index in [1.54, 1.807) is 0 Å². The maximum Gasteiger partial charge on any atom is 0.0537 e. The van der Waals surface area contributed by atoms with Crippen LogP contribution >= 0.6 is 0 Å². The monoisotopic (exact) mass is 238 g/mol. The normalized spacial score (nSPS) is 15.5. The Labute approximate surface area is 105 Å². The van der Waals surface area contributed by atoms with E-state index in [1.165, 1.54) is 5.56 Å². The van der Waals surface area contributed by atoms with Crippen LogP contribution in [-0.2, 0) is 7.05 Å². The van der Waals surface area contributed by atoms with Gasteiger partial charge in [-0.15, -0.1) is 0 Å². The van der Waals surface area contributed by atoms with Gasteiger partial charge in [0.1, 0.15) is 0 Å². The van der Waals surface area contributed by atoms with Crippen molar-refractivity contribution in [3.05, 3.63) is 18.0 Å². The molecule has 0 radical (unpaired) electrons. The van der Waals surface area contributed by atoms with Gasteiger partial charge in [0, 0.05) is 37.4 Å². The Balaban J connectivity index is 2.49. The van der Waals surface area contributed by atoms with Gasteiger partial charge in [-0.2, -0.15) is 5.10 Å². The highest BCUT2D eigenvalue weighted by Gasteiger charge is 2.17. The SMILES string of the molecule is CC(NCC(C(C)C)N(C)C)c1cnn(C)c1. The van der Waals surface area contributed by atoms with E-state index in [4.69, 9.17) is 0 Å². The summed E-state index contributed by atoms with van der Waals surface area (Å²) in [6, 6.07) is 0.916. The molecule has 2 atom stereocenters. The maximum atomic E-state index is 4.20. The highest BCUT2D eigenvalue weighted by molar-refractivity contribution is 5.08. The number of likely N-dealkylation sites (N-methyl/N-ethyl adjacent to an activating group) is 1. The van der Waals surface area contributed by atoms with Gasteiger partial charge in [-0.1, -0.05) is 13.8 Å². The smallest absolute Gasteiger partial charge is 0.0537 e. The van der Waals surface area contributed by atoms with Gasteiger partial charge < -0.3 is 10.2 Å². The standard InChI is InChI=1S/C13H26N4/c1-10(2)13(16(4)5)8-14-11(3)12-7-15-17(6)9-12/h7,9-11,13-14H,8H2,1-6H3. The van der Waals surface area contributed by atoms with Crippen molar-refractivity contribution in [3.63, 3.8) is 0 Å². The zero-order valence-electron chi connectivity index (χ0n) is 11.9. The Hall–Kier alpha value is -0.870. The molecule has 4 heteroatoms. The van der Waals surface area contributed by atoms with Crippen molar-refractivity contribution < 1.29 is 0 Å². The average Bonchev–Trinajstić information content (AvgIpc) is 2.63. The highest BCUT2D eigenvalue weighted by atomic mass is 15.2. The molecule has 0 bridgehead atoms. The van der Waals surface area contributed by atoms with E-state index < -0.39 is 0 Å². The van der Waals surface area contributed by atoms with Gasteiger partial charge in [0.2, 0.25) is 0 Å². The second-order valence-corrected chi connectivity index (χ2v) is 5.35. The van der Waals surface area contributed by atoms with Gasteiger partial charge in [0.25, 0.3) is 0 Å². The molecule has 2 unspecified atom stereocenters. The number of aryl methyl sites for hydroxylation is 1. The van der Waals surface area contributed by atoms with E-state index in [0.29, 0.717) is 18.0 Å². The van der Waals surface area contributed by atoms with Crippen LogP contribution in [0, 0.1) is 5.92 Å². The molecule has 0 spiro atoms. The lowest BCUT2D eigenvalue weighted by atomic mass is 10.0. The zero-order chi connectivity index (χ0) is 13.0. The van der Waals surface area contributed by atoms with Crippen LogP contribution < -0.4 is 5.32 Å². The molecule has 0 saturated carbocycles. The minimum Gasteiger partial charge on any atom is -0.309 e. The molecule has 17 heavy (non-hydrogen) atoms. The molecule has 1 aromatic rings. The third kappa shape index (κ3) is 4.13. The summed E-state index contributed by atoms with van der Waals surface area (Å²) in [4.78, 5) is 2.29. The molecule has 0 amide bonds. The fraction of sp³-hybridized carbons (Fsp3) is 0.769. The Kier molecular flexibility index (Phi) is 5.15. The molecule has 1 heterocycles. The molecule has 1 N–H and O–H groups in total. The van der Waals surface area contributed by atoms with Crippen molar-refractivity contribution in [1.29, 1.82) is 0 Å². The van der Waals surface area contributed by atoms with Gasteiger partial charge in [-0.3, -0.25) is 4.68 Å². The summed E-state index contributed by atoms with van der Waals surface area (Å²) in [5.74, 6) is 0.651. The molecule has 0 saturated heterocycles. The molecular weight excluding hydrogens is 212 g/mol. The van der Waals surface area contributed by atoms with Gasteiger partial charge in [-0.25, -0.2) is 0 Å². The third-order valence-corrected chi connectivity index (χ3v) is 3.29. The van der Waals surface area contributed by atoms with Crippen molar-refractivity contribution in [3.8, 4) is 0 Å². The Morgan fingerprint density at radius 2 is 2.00 bits per heavy atom. The molecular formula is C13H26N4. The van der Waals surface area contributed by atoms with Crippen LogP contribution in [0.25, 0.3) is 0 Å². The van der Waals surface area contributed by atoms with Crippen LogP contribution in [0.5, 0.6) is 0 Å². The zero-order valence-corrected chi connectivity index (χ0v) is 11.9. The van der Waals surface area contributed by atoms with E-state index >= 15 is 0 Å². The molecule has 0 aliphatic carbocycles. The summed E-state index contributed by atoms with van der Waals surface area (Å²) in [5, 5.41) is 7.78. The Morgan fingerprint density at radius 3 is 2.41 bits per heavy atom. The first-order chi connectivity index (χ1) is 7.91. The second-order valence-electron chi connectivity index (χ2n) is 5.35. The van der Waals surface area contributed by atoms with Gasteiger partial charge in [-0.05, 0) is 26.9 Å². The lowest BCUT2D eigenvalue weighted by molar-refractivity contribution is 0.220. The number of nitrogens with zero attached hydrogens (tertiary/aromatic N) is 3. The molecule has 1 rings (SSSR count). The van der Waals surface area contributed by atoms with Crippen LogP contribution in [-0.4, -0.2) is 41.4 Å². The van der Waals surface area contributed by atoms with Crippen molar-refractivity contribution in [2.45, 2.75) is 32.9 Å². The number of aromatic nitrogens is 2. The fourth-order valence-electron chi connectivity index (χ4n) is 2.09. The fourth-order valence-corrected chi connectivity index (χ4v) is 2.09. The lowest BCUT2D eigenvalue weighted by Crippen LogP contribution is -2.42. The maximum absolute atomic E-state index is 4.20. The van der Waals surface area contributed by atoms with Crippen molar-refractivity contribution in [1.82, 2.24) is 20.0 Å². The molecule has 98 valence electrons. The van der Waals surface area contributed by atoms with Crippen molar-refractivity contribution in [2.75, 3.05) is 20.6 Å². The topological polar surface area (TPSA) is 33.1 Å².